The van der Waals surface area contributed by atoms with Crippen molar-refractivity contribution in [1.82, 2.24) is 0 Å². The summed E-state index contributed by atoms with van der Waals surface area (Å²) in [5, 5.41) is 2.22. The van der Waals surface area contributed by atoms with Crippen molar-refractivity contribution in [3.8, 4) is 0 Å². The van der Waals surface area contributed by atoms with E-state index in [0.29, 0.717) is 6.41 Å². The molecule has 0 fully saturated rings. The molecular weight excluding hydrogens is 175 g/mol. The Labute approximate surface area is 73.5 Å². The van der Waals surface area contributed by atoms with Gasteiger partial charge in [-0.05, 0) is 18.2 Å². The number of nitrogens with one attached hydrogen (secondary N) is 1. The second kappa shape index (κ2) is 3.66. The van der Waals surface area contributed by atoms with E-state index in [1.807, 2.05) is 0 Å². The molecule has 0 bridgehead atoms. The van der Waals surface area contributed by atoms with Gasteiger partial charge in [0.25, 0.3) is 0 Å². The molecule has 0 saturated carbocycles. The first kappa shape index (κ1) is 9.18. The van der Waals surface area contributed by atoms with Gasteiger partial charge in [-0.15, -0.1) is 0 Å². The van der Waals surface area contributed by atoms with E-state index in [-0.39, 0.29) is 11.3 Å². The van der Waals surface area contributed by atoms with Crippen LogP contribution in [0.4, 0.5) is 10.1 Å². The molecule has 2 amide bonds. The Balaban J connectivity index is 3.10. The minimum atomic E-state index is -0.742. The highest BCUT2D eigenvalue weighted by atomic mass is 19.1. The van der Waals surface area contributed by atoms with Crippen molar-refractivity contribution in [3.05, 3.63) is 29.6 Å². The van der Waals surface area contributed by atoms with Gasteiger partial charge < -0.3 is 11.1 Å². The number of hydrogen-bond acceptors (Lipinski definition) is 2. The van der Waals surface area contributed by atoms with Crippen LogP contribution in [-0.2, 0) is 4.79 Å². The summed E-state index contributed by atoms with van der Waals surface area (Å²) in [6.45, 7) is 0. The second-order valence-corrected chi connectivity index (χ2v) is 2.36. The molecule has 0 unspecified atom stereocenters. The smallest absolute Gasteiger partial charge is 0.248 e. The molecule has 0 saturated heterocycles. The quantitative estimate of drug-likeness (QED) is 0.668. The molecule has 1 aromatic rings. The first-order chi connectivity index (χ1) is 6.13. The summed E-state index contributed by atoms with van der Waals surface area (Å²) in [4.78, 5) is 20.7. The minimum Gasteiger partial charge on any atom is -0.366 e. The predicted octanol–water partition coefficient (Wildman–Crippen LogP) is 0.493. The molecule has 0 radical (unpaired) electrons. The van der Waals surface area contributed by atoms with Crippen molar-refractivity contribution in [2.75, 3.05) is 5.32 Å². The van der Waals surface area contributed by atoms with E-state index >= 15 is 0 Å². The fourth-order valence-corrected chi connectivity index (χ4v) is 0.883. The van der Waals surface area contributed by atoms with Crippen molar-refractivity contribution in [2.45, 2.75) is 0 Å². The van der Waals surface area contributed by atoms with Crippen LogP contribution >= 0.6 is 0 Å². The standard InChI is InChI=1S/C8H7FN2O2/c9-6-1-5(8(10)13)2-7(3-6)11-4-12/h1-4H,(H2,10,13)(H,11,12). The van der Waals surface area contributed by atoms with Crippen LogP contribution in [0.25, 0.3) is 0 Å². The van der Waals surface area contributed by atoms with Crippen LogP contribution in [0, 0.1) is 5.82 Å². The summed E-state index contributed by atoms with van der Waals surface area (Å²) in [6.07, 6.45) is 0.388. The molecule has 3 N–H and O–H groups in total. The summed E-state index contributed by atoms with van der Waals surface area (Å²) in [6, 6.07) is 3.37. The molecule has 5 heteroatoms. The third kappa shape index (κ3) is 2.26. The number of benzene rings is 1. The van der Waals surface area contributed by atoms with Gasteiger partial charge in [0.05, 0.1) is 0 Å². The van der Waals surface area contributed by atoms with Crippen LogP contribution in [0.1, 0.15) is 10.4 Å². The molecule has 1 rings (SSSR count). The number of amides is 2. The van der Waals surface area contributed by atoms with E-state index in [0.717, 1.165) is 12.1 Å². The Morgan fingerprint density at radius 2 is 2.15 bits per heavy atom. The SMILES string of the molecule is NC(=O)c1cc(F)cc(NC=O)c1. The Kier molecular flexibility index (Phi) is 2.59. The largest absolute Gasteiger partial charge is 0.366 e. The molecule has 0 spiro atoms. The molecule has 0 aliphatic carbocycles. The van der Waals surface area contributed by atoms with Crippen LogP contribution in [0.15, 0.2) is 18.2 Å². The van der Waals surface area contributed by atoms with Crippen LogP contribution in [-0.4, -0.2) is 12.3 Å². The van der Waals surface area contributed by atoms with E-state index < -0.39 is 11.7 Å². The number of carbonyl (C=O) groups is 2. The van der Waals surface area contributed by atoms with Gasteiger partial charge in [0.1, 0.15) is 5.82 Å². The lowest BCUT2D eigenvalue weighted by molar-refractivity contribution is -0.105. The second-order valence-electron chi connectivity index (χ2n) is 2.36. The maximum Gasteiger partial charge on any atom is 0.248 e. The van der Waals surface area contributed by atoms with Crippen molar-refractivity contribution in [1.29, 1.82) is 0 Å². The van der Waals surface area contributed by atoms with Crippen LogP contribution in [0.2, 0.25) is 0 Å². The van der Waals surface area contributed by atoms with Crippen molar-refractivity contribution < 1.29 is 14.0 Å². The predicted molar refractivity (Wildman–Crippen MR) is 44.6 cm³/mol. The van der Waals surface area contributed by atoms with Gasteiger partial charge in [-0.1, -0.05) is 0 Å². The first-order valence-corrected chi connectivity index (χ1v) is 3.44. The number of nitrogens with two attached hydrogens (primary N) is 1. The third-order valence-electron chi connectivity index (χ3n) is 1.41. The van der Waals surface area contributed by atoms with Crippen LogP contribution in [0.5, 0.6) is 0 Å². The Bertz CT molecular complexity index is 352. The average molecular weight is 182 g/mol. The molecule has 13 heavy (non-hydrogen) atoms. The lowest BCUT2D eigenvalue weighted by Gasteiger charge is -2.01. The topological polar surface area (TPSA) is 72.2 Å². The van der Waals surface area contributed by atoms with Gasteiger partial charge in [0.15, 0.2) is 0 Å². The average Bonchev–Trinajstić information content (AvgIpc) is 2.03. The molecule has 4 nitrogen and oxygen atoms in total. The number of hydrogen-bond donors (Lipinski definition) is 2. The van der Waals surface area contributed by atoms with E-state index in [1.165, 1.54) is 6.07 Å². The summed E-state index contributed by atoms with van der Waals surface area (Å²) in [5.41, 5.74) is 5.14. The Hall–Kier alpha value is -1.91. The maximum atomic E-state index is 12.7. The minimum absolute atomic E-state index is 0.0179. The van der Waals surface area contributed by atoms with Crippen LogP contribution in [0.3, 0.4) is 0 Å². The summed E-state index contributed by atoms with van der Waals surface area (Å²) >= 11 is 0. The molecule has 0 heterocycles. The lowest BCUT2D eigenvalue weighted by Crippen LogP contribution is -2.11. The van der Waals surface area contributed by atoms with Gasteiger partial charge in [0, 0.05) is 11.3 Å². The van der Waals surface area contributed by atoms with Crippen molar-refractivity contribution >= 4 is 18.0 Å². The van der Waals surface area contributed by atoms with Gasteiger partial charge in [-0.3, -0.25) is 9.59 Å². The van der Waals surface area contributed by atoms with E-state index in [9.17, 15) is 14.0 Å². The Morgan fingerprint density at radius 1 is 1.46 bits per heavy atom. The molecule has 1 aromatic carbocycles. The fourth-order valence-electron chi connectivity index (χ4n) is 0.883. The maximum absolute atomic E-state index is 12.7. The van der Waals surface area contributed by atoms with E-state index in [4.69, 9.17) is 5.73 Å². The number of carbonyl (C=O) groups excluding carboxylic acids is 2. The van der Waals surface area contributed by atoms with E-state index in [2.05, 4.69) is 5.32 Å². The molecule has 0 aromatic heterocycles. The molecule has 0 atom stereocenters. The lowest BCUT2D eigenvalue weighted by atomic mass is 10.2. The highest BCUT2D eigenvalue weighted by Gasteiger charge is 2.04. The Morgan fingerprint density at radius 3 is 2.69 bits per heavy atom. The number of rotatable bonds is 3. The van der Waals surface area contributed by atoms with Crippen LogP contribution < -0.4 is 11.1 Å². The summed E-state index contributed by atoms with van der Waals surface area (Å²) < 4.78 is 12.7. The van der Waals surface area contributed by atoms with Crippen molar-refractivity contribution in [2.24, 2.45) is 5.73 Å². The van der Waals surface area contributed by atoms with Gasteiger partial charge in [-0.2, -0.15) is 0 Å². The van der Waals surface area contributed by atoms with E-state index in [1.54, 1.807) is 0 Å². The zero-order valence-corrected chi connectivity index (χ0v) is 6.58. The van der Waals surface area contributed by atoms with Crippen molar-refractivity contribution in [3.63, 3.8) is 0 Å². The van der Waals surface area contributed by atoms with Gasteiger partial charge in [0.2, 0.25) is 12.3 Å². The zero-order valence-electron chi connectivity index (χ0n) is 6.58. The molecular formula is C8H7FN2O2. The van der Waals surface area contributed by atoms with Gasteiger partial charge >= 0.3 is 0 Å². The zero-order chi connectivity index (χ0) is 9.84. The molecule has 0 aliphatic heterocycles. The van der Waals surface area contributed by atoms with Gasteiger partial charge in [-0.25, -0.2) is 4.39 Å². The highest BCUT2D eigenvalue weighted by molar-refractivity contribution is 5.94. The monoisotopic (exact) mass is 182 g/mol. The number of primary amides is 1. The normalized spacial score (nSPS) is 9.31. The first-order valence-electron chi connectivity index (χ1n) is 3.44. The highest BCUT2D eigenvalue weighted by Crippen LogP contribution is 2.12. The summed E-state index contributed by atoms with van der Waals surface area (Å²) in [5.74, 6) is -1.37. The number of anilines is 1. The number of halogens is 1. The molecule has 68 valence electrons. The third-order valence-corrected chi connectivity index (χ3v) is 1.41. The molecule has 0 aliphatic rings. The fraction of sp³-hybridized carbons (Fsp3) is 0. The summed E-state index contributed by atoms with van der Waals surface area (Å²) in [7, 11) is 0.